The highest BCUT2D eigenvalue weighted by atomic mass is 32.2. The van der Waals surface area contributed by atoms with Gasteiger partial charge in [-0.1, -0.05) is 6.92 Å². The second-order valence-electron chi connectivity index (χ2n) is 4.04. The van der Waals surface area contributed by atoms with Crippen LogP contribution in [0, 0.1) is 0 Å². The number of nitrogens with one attached hydrogen (secondary N) is 1. The lowest BCUT2D eigenvalue weighted by Crippen LogP contribution is -2.46. The van der Waals surface area contributed by atoms with Crippen LogP contribution in [0.15, 0.2) is 0 Å². The van der Waals surface area contributed by atoms with Gasteiger partial charge >= 0.3 is 0 Å². The smallest absolute Gasteiger partial charge is 0.211 e. The summed E-state index contributed by atoms with van der Waals surface area (Å²) in [5.41, 5.74) is 0. The molecule has 0 bridgehead atoms. The summed E-state index contributed by atoms with van der Waals surface area (Å²) in [4.78, 5) is 2.17. The molecule has 0 aliphatic carbocycles. The Bertz CT molecular complexity index is 264. The fourth-order valence-corrected chi connectivity index (χ4v) is 3.20. The Morgan fingerprint density at radius 1 is 1.50 bits per heavy atom. The highest BCUT2D eigenvalue weighted by molar-refractivity contribution is 7.89. The van der Waals surface area contributed by atoms with Gasteiger partial charge in [-0.05, 0) is 32.9 Å². The summed E-state index contributed by atoms with van der Waals surface area (Å²) in [5.74, 6) is 0.243. The molecule has 4 nitrogen and oxygen atoms in total. The van der Waals surface area contributed by atoms with Crippen molar-refractivity contribution in [1.29, 1.82) is 0 Å². The maximum absolute atomic E-state index is 11.5. The Morgan fingerprint density at radius 3 is 2.79 bits per heavy atom. The molecule has 0 amide bonds. The minimum Gasteiger partial charge on any atom is -0.305 e. The summed E-state index contributed by atoms with van der Waals surface area (Å²) in [6, 6.07) is 0.116. The van der Waals surface area contributed by atoms with Crippen LogP contribution < -0.4 is 4.72 Å². The summed E-state index contributed by atoms with van der Waals surface area (Å²) in [6.07, 6.45) is 2.72. The fraction of sp³-hybridized carbons (Fsp3) is 1.00. The fourth-order valence-electron chi connectivity index (χ4n) is 1.84. The molecular formula is C9H20N2O2S. The monoisotopic (exact) mass is 220 g/mol. The Labute approximate surface area is 86.7 Å². The Kier molecular flexibility index (Phi) is 4.34. The van der Waals surface area contributed by atoms with Crippen molar-refractivity contribution in [2.24, 2.45) is 0 Å². The zero-order valence-corrected chi connectivity index (χ0v) is 9.81. The third-order valence-electron chi connectivity index (χ3n) is 2.44. The minimum atomic E-state index is -3.03. The molecule has 1 aliphatic rings. The molecule has 1 aliphatic heterocycles. The Hall–Kier alpha value is -0.130. The van der Waals surface area contributed by atoms with Gasteiger partial charge in [-0.15, -0.1) is 0 Å². The number of rotatable bonds is 4. The first kappa shape index (κ1) is 11.9. The third kappa shape index (κ3) is 3.94. The first-order valence-electron chi connectivity index (χ1n) is 5.22. The topological polar surface area (TPSA) is 49.4 Å². The summed E-state index contributed by atoms with van der Waals surface area (Å²) >= 11 is 0. The van der Waals surface area contributed by atoms with Crippen LogP contribution in [-0.4, -0.2) is 45.2 Å². The van der Waals surface area contributed by atoms with Crippen molar-refractivity contribution >= 4 is 10.0 Å². The predicted octanol–water partition coefficient (Wildman–Crippen LogP) is 0.410. The first-order valence-corrected chi connectivity index (χ1v) is 6.87. The molecule has 0 saturated carbocycles. The number of piperidine rings is 1. The first-order chi connectivity index (χ1) is 6.53. The summed E-state index contributed by atoms with van der Waals surface area (Å²) < 4.78 is 25.7. The lowest BCUT2D eigenvalue weighted by Gasteiger charge is -2.29. The predicted molar refractivity (Wildman–Crippen MR) is 57.7 cm³/mol. The number of sulfonamides is 1. The zero-order valence-electron chi connectivity index (χ0n) is 8.99. The van der Waals surface area contributed by atoms with E-state index in [1.165, 1.54) is 0 Å². The van der Waals surface area contributed by atoms with Crippen molar-refractivity contribution in [2.45, 2.75) is 32.2 Å². The van der Waals surface area contributed by atoms with E-state index < -0.39 is 10.0 Å². The Balaban J connectivity index is 2.43. The van der Waals surface area contributed by atoms with E-state index in [1.54, 1.807) is 0 Å². The van der Waals surface area contributed by atoms with Crippen LogP contribution >= 0.6 is 0 Å². The van der Waals surface area contributed by atoms with Crippen molar-refractivity contribution in [3.63, 3.8) is 0 Å². The normalized spacial score (nSPS) is 25.1. The van der Waals surface area contributed by atoms with Gasteiger partial charge in [0.15, 0.2) is 0 Å². The average molecular weight is 220 g/mol. The van der Waals surface area contributed by atoms with Gasteiger partial charge in [0.2, 0.25) is 10.0 Å². The molecule has 1 heterocycles. The molecule has 1 atom stereocenters. The molecule has 0 aromatic rings. The van der Waals surface area contributed by atoms with E-state index in [-0.39, 0.29) is 11.8 Å². The van der Waals surface area contributed by atoms with Gasteiger partial charge < -0.3 is 4.90 Å². The lowest BCUT2D eigenvalue weighted by atomic mass is 10.1. The van der Waals surface area contributed by atoms with Crippen molar-refractivity contribution < 1.29 is 8.42 Å². The van der Waals surface area contributed by atoms with E-state index in [4.69, 9.17) is 0 Å². The molecule has 14 heavy (non-hydrogen) atoms. The van der Waals surface area contributed by atoms with Gasteiger partial charge in [0.05, 0.1) is 5.75 Å². The molecule has 0 aromatic heterocycles. The van der Waals surface area contributed by atoms with Crippen LogP contribution in [0.25, 0.3) is 0 Å². The molecule has 5 heteroatoms. The lowest BCUT2D eigenvalue weighted by molar-refractivity contribution is 0.242. The molecule has 1 fully saturated rings. The molecular weight excluding hydrogens is 200 g/mol. The van der Waals surface area contributed by atoms with Crippen molar-refractivity contribution in [3.05, 3.63) is 0 Å². The highest BCUT2D eigenvalue weighted by Gasteiger charge is 2.21. The van der Waals surface area contributed by atoms with Crippen molar-refractivity contribution in [2.75, 3.05) is 25.9 Å². The van der Waals surface area contributed by atoms with Gasteiger partial charge in [-0.25, -0.2) is 13.1 Å². The number of hydrogen-bond acceptors (Lipinski definition) is 3. The van der Waals surface area contributed by atoms with E-state index in [0.717, 1.165) is 25.9 Å². The number of likely N-dealkylation sites (N-methyl/N-ethyl adjacent to an activating group) is 1. The van der Waals surface area contributed by atoms with Crippen LogP contribution in [0.1, 0.15) is 26.2 Å². The minimum absolute atomic E-state index is 0.116. The summed E-state index contributed by atoms with van der Waals surface area (Å²) in [6.45, 7) is 3.79. The second-order valence-corrected chi connectivity index (χ2v) is 5.91. The molecule has 1 rings (SSSR count). The zero-order chi connectivity index (χ0) is 10.6. The molecule has 0 radical (unpaired) electrons. The Morgan fingerprint density at radius 2 is 2.21 bits per heavy atom. The molecule has 0 spiro atoms. The average Bonchev–Trinajstić information content (AvgIpc) is 2.02. The SMILES string of the molecule is CCCS(=O)(=O)NC1CCCN(C)C1. The number of nitrogens with zero attached hydrogens (tertiary/aromatic N) is 1. The van der Waals surface area contributed by atoms with Gasteiger partial charge in [0, 0.05) is 12.6 Å². The molecule has 1 N–H and O–H groups in total. The van der Waals surface area contributed by atoms with E-state index in [1.807, 2.05) is 14.0 Å². The van der Waals surface area contributed by atoms with Crippen molar-refractivity contribution in [1.82, 2.24) is 9.62 Å². The van der Waals surface area contributed by atoms with Gasteiger partial charge in [0.1, 0.15) is 0 Å². The number of likely N-dealkylation sites (tertiary alicyclic amines) is 1. The van der Waals surface area contributed by atoms with E-state index in [9.17, 15) is 8.42 Å². The summed E-state index contributed by atoms with van der Waals surface area (Å²) in [7, 11) is -1.00. The quantitative estimate of drug-likeness (QED) is 0.746. The largest absolute Gasteiger partial charge is 0.305 e. The second kappa shape index (κ2) is 5.09. The molecule has 1 unspecified atom stereocenters. The van der Waals surface area contributed by atoms with Gasteiger partial charge in [0.25, 0.3) is 0 Å². The third-order valence-corrected chi connectivity index (χ3v) is 4.08. The summed E-state index contributed by atoms with van der Waals surface area (Å²) in [5, 5.41) is 0. The van der Waals surface area contributed by atoms with Crippen LogP contribution in [0.2, 0.25) is 0 Å². The van der Waals surface area contributed by atoms with E-state index >= 15 is 0 Å². The maximum Gasteiger partial charge on any atom is 0.211 e. The standard InChI is InChI=1S/C9H20N2O2S/c1-3-7-14(12,13)10-9-5-4-6-11(2)8-9/h9-10H,3-8H2,1-2H3. The van der Waals surface area contributed by atoms with Gasteiger partial charge in [-0.2, -0.15) is 0 Å². The highest BCUT2D eigenvalue weighted by Crippen LogP contribution is 2.09. The van der Waals surface area contributed by atoms with E-state index in [0.29, 0.717) is 6.42 Å². The maximum atomic E-state index is 11.5. The van der Waals surface area contributed by atoms with Crippen LogP contribution in [0.4, 0.5) is 0 Å². The number of hydrogen-bond donors (Lipinski definition) is 1. The van der Waals surface area contributed by atoms with Crippen LogP contribution in [-0.2, 0) is 10.0 Å². The van der Waals surface area contributed by atoms with Crippen molar-refractivity contribution in [3.8, 4) is 0 Å². The van der Waals surface area contributed by atoms with E-state index in [2.05, 4.69) is 9.62 Å². The molecule has 0 aromatic carbocycles. The van der Waals surface area contributed by atoms with Crippen LogP contribution in [0.5, 0.6) is 0 Å². The van der Waals surface area contributed by atoms with Gasteiger partial charge in [-0.3, -0.25) is 0 Å². The van der Waals surface area contributed by atoms with Crippen LogP contribution in [0.3, 0.4) is 0 Å². The molecule has 84 valence electrons. The molecule has 1 saturated heterocycles.